The highest BCUT2D eigenvalue weighted by molar-refractivity contribution is 9.11. The molecule has 1 heterocycles. The smallest absolute Gasteiger partial charge is 0.0217 e. The molecule has 0 bridgehead atoms. The molecule has 0 aromatic carbocycles. The molecule has 1 nitrogen and oxygen atoms in total. The van der Waals surface area contributed by atoms with Gasteiger partial charge in [-0.05, 0) is 17.0 Å². The topological polar surface area (TPSA) is 3.24 Å². The monoisotopic (exact) mass is 253 g/mol. The molecule has 1 fully saturated rings. The minimum atomic E-state index is 0.188. The van der Waals surface area contributed by atoms with Crippen molar-refractivity contribution in [1.82, 2.24) is 4.90 Å². The van der Waals surface area contributed by atoms with Crippen LogP contribution in [0.4, 0.5) is 0 Å². The molecule has 2 aliphatic rings. The first-order valence-corrected chi connectivity index (χ1v) is 5.73. The van der Waals surface area contributed by atoms with E-state index in [2.05, 4.69) is 60.5 Å². The average Bonchev–Trinajstić information content (AvgIpc) is 2.29. The van der Waals surface area contributed by atoms with Crippen molar-refractivity contribution < 1.29 is 0 Å². The zero-order chi connectivity index (χ0) is 10.5. The molecule has 14 heavy (non-hydrogen) atoms. The fraction of sp³-hybridized carbons (Fsp3) is 0.500. The Morgan fingerprint density at radius 1 is 1.50 bits per heavy atom. The summed E-state index contributed by atoms with van der Waals surface area (Å²) in [5.41, 5.74) is 2.82. The Morgan fingerprint density at radius 3 is 2.79 bits per heavy atom. The number of fused-ring (bicyclic) bond motifs is 1. The second-order valence-corrected chi connectivity index (χ2v) is 5.71. The Balaban J connectivity index is 2.46. The molecule has 1 atom stereocenters. The Hall–Kier alpha value is -0.500. The summed E-state index contributed by atoms with van der Waals surface area (Å²) in [6.07, 6.45) is 5.46. The van der Waals surface area contributed by atoms with Gasteiger partial charge in [-0.3, -0.25) is 0 Å². The van der Waals surface area contributed by atoms with Crippen LogP contribution >= 0.6 is 15.9 Å². The van der Waals surface area contributed by atoms with Crippen molar-refractivity contribution in [3.05, 3.63) is 34.6 Å². The Labute approximate surface area is 94.3 Å². The summed E-state index contributed by atoms with van der Waals surface area (Å²) >= 11 is 3.58. The maximum Gasteiger partial charge on any atom is 0.0217 e. The normalized spacial score (nSPS) is 29.9. The van der Waals surface area contributed by atoms with Gasteiger partial charge >= 0.3 is 0 Å². The summed E-state index contributed by atoms with van der Waals surface area (Å²) < 4.78 is 1.29. The lowest BCUT2D eigenvalue weighted by molar-refractivity contribution is 0.340. The molecule has 1 aliphatic carbocycles. The molecule has 0 saturated carbocycles. The van der Waals surface area contributed by atoms with E-state index in [4.69, 9.17) is 0 Å². The molecular formula is C12H16BrN. The van der Waals surface area contributed by atoms with Crippen molar-refractivity contribution in [1.29, 1.82) is 0 Å². The number of hydrogen-bond donors (Lipinski definition) is 0. The van der Waals surface area contributed by atoms with Crippen LogP contribution in [0.3, 0.4) is 0 Å². The number of rotatable bonds is 0. The van der Waals surface area contributed by atoms with E-state index < -0.39 is 0 Å². The van der Waals surface area contributed by atoms with Crippen molar-refractivity contribution in [2.75, 3.05) is 7.05 Å². The van der Waals surface area contributed by atoms with Gasteiger partial charge in [-0.15, -0.1) is 0 Å². The van der Waals surface area contributed by atoms with Gasteiger partial charge in [0.15, 0.2) is 0 Å². The van der Waals surface area contributed by atoms with Gasteiger partial charge < -0.3 is 4.90 Å². The lowest BCUT2D eigenvalue weighted by atomic mass is 9.76. The Kier molecular flexibility index (Phi) is 2.15. The van der Waals surface area contributed by atoms with E-state index in [0.29, 0.717) is 5.92 Å². The fourth-order valence-electron chi connectivity index (χ4n) is 2.42. The van der Waals surface area contributed by atoms with E-state index in [1.165, 1.54) is 15.9 Å². The third-order valence-corrected chi connectivity index (χ3v) is 4.19. The van der Waals surface area contributed by atoms with Crippen LogP contribution in [0.15, 0.2) is 34.6 Å². The van der Waals surface area contributed by atoms with Gasteiger partial charge in [0.05, 0.1) is 0 Å². The molecule has 1 saturated heterocycles. The molecule has 0 aromatic heterocycles. The highest BCUT2D eigenvalue weighted by atomic mass is 79.9. The third kappa shape index (κ3) is 1.20. The molecule has 0 spiro atoms. The van der Waals surface area contributed by atoms with E-state index in [1.54, 1.807) is 0 Å². The highest BCUT2D eigenvalue weighted by Crippen LogP contribution is 2.52. The predicted molar refractivity (Wildman–Crippen MR) is 63.9 cm³/mol. The van der Waals surface area contributed by atoms with Crippen molar-refractivity contribution in [2.45, 2.75) is 20.3 Å². The summed E-state index contributed by atoms with van der Waals surface area (Å²) in [5.74, 6) is 0.583. The minimum Gasteiger partial charge on any atom is -0.351 e. The van der Waals surface area contributed by atoms with Crippen LogP contribution in [-0.2, 0) is 0 Å². The third-order valence-electron chi connectivity index (χ3n) is 3.60. The van der Waals surface area contributed by atoms with Gasteiger partial charge in [0.25, 0.3) is 0 Å². The van der Waals surface area contributed by atoms with E-state index in [1.807, 2.05) is 0 Å². The number of hydrogen-bond acceptors (Lipinski definition) is 1. The van der Waals surface area contributed by atoms with Crippen LogP contribution < -0.4 is 0 Å². The maximum absolute atomic E-state index is 4.18. The fourth-order valence-corrected chi connectivity index (χ4v) is 2.88. The first kappa shape index (κ1) is 10.0. The molecule has 76 valence electrons. The Bertz CT molecular complexity index is 349. The number of nitrogens with zero attached hydrogens (tertiary/aromatic N) is 1. The van der Waals surface area contributed by atoms with E-state index in [0.717, 1.165) is 6.42 Å². The van der Waals surface area contributed by atoms with Gasteiger partial charge in [0, 0.05) is 29.8 Å². The second-order valence-electron chi connectivity index (χ2n) is 4.69. The van der Waals surface area contributed by atoms with Gasteiger partial charge in [0.2, 0.25) is 0 Å². The molecule has 1 unspecified atom stereocenters. The molecule has 2 heteroatoms. The van der Waals surface area contributed by atoms with Gasteiger partial charge in [-0.1, -0.05) is 42.4 Å². The predicted octanol–water partition coefficient (Wildman–Crippen LogP) is 3.65. The maximum atomic E-state index is 4.18. The van der Waals surface area contributed by atoms with Crippen molar-refractivity contribution >= 4 is 15.9 Å². The molecule has 0 radical (unpaired) electrons. The largest absolute Gasteiger partial charge is 0.351 e. The molecule has 0 amide bonds. The first-order chi connectivity index (χ1) is 6.44. The average molecular weight is 254 g/mol. The second kappa shape index (κ2) is 2.99. The standard InChI is InChI=1S/C12H16BrN/c1-8-12(2,3)10-7-9(13)5-6-11(10)14(8)4/h5-6,10H,1,7H2,2-4H3. The summed E-state index contributed by atoms with van der Waals surface area (Å²) in [6.45, 7) is 8.75. The molecular weight excluding hydrogens is 238 g/mol. The Morgan fingerprint density at radius 2 is 2.14 bits per heavy atom. The lowest BCUT2D eigenvalue weighted by Crippen LogP contribution is -2.20. The van der Waals surface area contributed by atoms with Crippen LogP contribution in [-0.4, -0.2) is 11.9 Å². The quantitative estimate of drug-likeness (QED) is 0.637. The zero-order valence-electron chi connectivity index (χ0n) is 8.97. The van der Waals surface area contributed by atoms with Crippen molar-refractivity contribution in [2.24, 2.45) is 11.3 Å². The summed E-state index contributed by atoms with van der Waals surface area (Å²) in [7, 11) is 2.11. The molecule has 0 N–H and O–H groups in total. The summed E-state index contributed by atoms with van der Waals surface area (Å²) in [4.78, 5) is 2.24. The molecule has 1 aliphatic heterocycles. The van der Waals surface area contributed by atoms with E-state index in [9.17, 15) is 0 Å². The van der Waals surface area contributed by atoms with Crippen LogP contribution in [0.2, 0.25) is 0 Å². The van der Waals surface area contributed by atoms with Crippen LogP contribution in [0.5, 0.6) is 0 Å². The zero-order valence-corrected chi connectivity index (χ0v) is 10.6. The SMILES string of the molecule is C=C1N(C)C2=CC=C(Br)CC2C1(C)C. The summed E-state index contributed by atoms with van der Waals surface area (Å²) in [5, 5.41) is 0. The lowest BCUT2D eigenvalue weighted by Gasteiger charge is -2.27. The van der Waals surface area contributed by atoms with Crippen LogP contribution in [0.1, 0.15) is 20.3 Å². The van der Waals surface area contributed by atoms with Gasteiger partial charge in [0.1, 0.15) is 0 Å². The van der Waals surface area contributed by atoms with Crippen molar-refractivity contribution in [3.8, 4) is 0 Å². The van der Waals surface area contributed by atoms with E-state index >= 15 is 0 Å². The molecule has 0 aromatic rings. The van der Waals surface area contributed by atoms with E-state index in [-0.39, 0.29) is 5.41 Å². The molecule has 2 rings (SSSR count). The number of allylic oxidation sites excluding steroid dienone is 5. The van der Waals surface area contributed by atoms with Crippen LogP contribution in [0.25, 0.3) is 0 Å². The first-order valence-electron chi connectivity index (χ1n) is 4.94. The number of halogens is 1. The van der Waals surface area contributed by atoms with Gasteiger partial charge in [-0.25, -0.2) is 0 Å². The van der Waals surface area contributed by atoms with Crippen molar-refractivity contribution in [3.63, 3.8) is 0 Å². The highest BCUT2D eigenvalue weighted by Gasteiger charge is 2.45. The number of likely N-dealkylation sites (tertiary alicyclic amines) is 1. The van der Waals surface area contributed by atoms with Crippen LogP contribution in [0, 0.1) is 11.3 Å². The summed E-state index contributed by atoms with van der Waals surface area (Å²) in [6, 6.07) is 0. The van der Waals surface area contributed by atoms with Gasteiger partial charge in [-0.2, -0.15) is 0 Å². The minimum absolute atomic E-state index is 0.188.